The first-order valence-corrected chi connectivity index (χ1v) is 6.04. The van der Waals surface area contributed by atoms with Crippen molar-refractivity contribution in [1.29, 1.82) is 0 Å². The molecule has 1 aromatic rings. The Balaban J connectivity index is 1.84. The molecular weight excluding hydrogens is 214 g/mol. The van der Waals surface area contributed by atoms with Crippen molar-refractivity contribution in [2.24, 2.45) is 0 Å². The average molecular weight is 233 g/mol. The molecule has 0 bridgehead atoms. The van der Waals surface area contributed by atoms with Crippen molar-refractivity contribution in [1.82, 2.24) is 15.2 Å². The van der Waals surface area contributed by atoms with Crippen LogP contribution in [-0.4, -0.2) is 35.4 Å². The van der Waals surface area contributed by atoms with Crippen LogP contribution in [0.2, 0.25) is 0 Å². The number of aromatic nitrogens is 1. The van der Waals surface area contributed by atoms with Crippen LogP contribution in [0.4, 0.5) is 0 Å². The molecule has 0 radical (unpaired) electrons. The van der Waals surface area contributed by atoms with Gasteiger partial charge in [0.05, 0.1) is 5.69 Å². The Bertz CT molecular complexity index is 405. The predicted octanol–water partition coefficient (Wildman–Crippen LogP) is 1.10. The first-order valence-electron chi connectivity index (χ1n) is 6.04. The number of carbonyl (C=O) groups is 1. The molecular formula is C13H19N3O. The van der Waals surface area contributed by atoms with E-state index in [1.165, 1.54) is 0 Å². The third-order valence-corrected chi connectivity index (χ3v) is 2.99. The van der Waals surface area contributed by atoms with Crippen LogP contribution in [0.25, 0.3) is 0 Å². The SMILES string of the molecule is Cc1cccc(CN(C)C[C@H]2CCC(=O)N2)n1. The highest BCUT2D eigenvalue weighted by Crippen LogP contribution is 2.09. The van der Waals surface area contributed by atoms with Crippen LogP contribution in [0, 0.1) is 6.92 Å². The normalized spacial score (nSPS) is 19.7. The zero-order valence-corrected chi connectivity index (χ0v) is 10.4. The zero-order chi connectivity index (χ0) is 12.3. The highest BCUT2D eigenvalue weighted by atomic mass is 16.1. The number of pyridine rings is 1. The number of aryl methyl sites for hydroxylation is 1. The maximum atomic E-state index is 11.1. The van der Waals surface area contributed by atoms with Gasteiger partial charge in [0.15, 0.2) is 0 Å². The van der Waals surface area contributed by atoms with E-state index in [0.717, 1.165) is 30.9 Å². The van der Waals surface area contributed by atoms with Crippen molar-refractivity contribution in [2.75, 3.05) is 13.6 Å². The summed E-state index contributed by atoms with van der Waals surface area (Å²) in [5.41, 5.74) is 2.13. The second kappa shape index (κ2) is 5.27. The van der Waals surface area contributed by atoms with E-state index >= 15 is 0 Å². The highest BCUT2D eigenvalue weighted by Gasteiger charge is 2.21. The van der Waals surface area contributed by atoms with Gasteiger partial charge in [-0.2, -0.15) is 0 Å². The molecule has 0 aromatic carbocycles. The molecule has 1 atom stereocenters. The minimum atomic E-state index is 0.178. The predicted molar refractivity (Wildman–Crippen MR) is 66.5 cm³/mol. The van der Waals surface area contributed by atoms with Crippen LogP contribution < -0.4 is 5.32 Å². The Morgan fingerprint density at radius 1 is 1.53 bits per heavy atom. The lowest BCUT2D eigenvalue weighted by Crippen LogP contribution is -2.36. The summed E-state index contributed by atoms with van der Waals surface area (Å²) in [6.07, 6.45) is 1.62. The van der Waals surface area contributed by atoms with E-state index in [1.807, 2.05) is 25.1 Å². The summed E-state index contributed by atoms with van der Waals surface area (Å²) < 4.78 is 0. The Morgan fingerprint density at radius 3 is 3.00 bits per heavy atom. The molecule has 17 heavy (non-hydrogen) atoms. The van der Waals surface area contributed by atoms with Crippen LogP contribution in [0.1, 0.15) is 24.2 Å². The van der Waals surface area contributed by atoms with Crippen LogP contribution in [0.5, 0.6) is 0 Å². The third kappa shape index (κ3) is 3.53. The lowest BCUT2D eigenvalue weighted by atomic mass is 10.2. The summed E-state index contributed by atoms with van der Waals surface area (Å²) in [4.78, 5) is 17.8. The second-order valence-electron chi connectivity index (χ2n) is 4.77. The maximum Gasteiger partial charge on any atom is 0.220 e. The van der Waals surface area contributed by atoms with Crippen molar-refractivity contribution < 1.29 is 4.79 Å². The monoisotopic (exact) mass is 233 g/mol. The van der Waals surface area contributed by atoms with E-state index < -0.39 is 0 Å². The minimum Gasteiger partial charge on any atom is -0.352 e. The smallest absolute Gasteiger partial charge is 0.220 e. The second-order valence-corrected chi connectivity index (χ2v) is 4.77. The summed E-state index contributed by atoms with van der Waals surface area (Å²) in [5.74, 6) is 0.178. The fourth-order valence-electron chi connectivity index (χ4n) is 2.22. The molecule has 0 saturated carbocycles. The maximum absolute atomic E-state index is 11.1. The minimum absolute atomic E-state index is 0.178. The van der Waals surface area contributed by atoms with Crippen molar-refractivity contribution in [3.05, 3.63) is 29.6 Å². The summed E-state index contributed by atoms with van der Waals surface area (Å²) in [6.45, 7) is 3.72. The molecule has 0 unspecified atom stereocenters. The van der Waals surface area contributed by atoms with Gasteiger partial charge in [0.1, 0.15) is 0 Å². The molecule has 0 aliphatic carbocycles. The van der Waals surface area contributed by atoms with Crippen molar-refractivity contribution in [3.63, 3.8) is 0 Å². The fraction of sp³-hybridized carbons (Fsp3) is 0.538. The molecule has 1 aliphatic rings. The number of hydrogen-bond donors (Lipinski definition) is 1. The molecule has 1 saturated heterocycles. The number of likely N-dealkylation sites (N-methyl/N-ethyl adjacent to an activating group) is 1. The first-order chi connectivity index (χ1) is 8.13. The van der Waals surface area contributed by atoms with Gasteiger partial charge in [0.25, 0.3) is 0 Å². The van der Waals surface area contributed by atoms with Crippen molar-refractivity contribution >= 4 is 5.91 Å². The van der Waals surface area contributed by atoms with E-state index in [4.69, 9.17) is 0 Å². The van der Waals surface area contributed by atoms with Gasteiger partial charge in [0.2, 0.25) is 5.91 Å². The quantitative estimate of drug-likeness (QED) is 0.847. The first kappa shape index (κ1) is 12.0. The fourth-order valence-corrected chi connectivity index (χ4v) is 2.22. The number of amides is 1. The van der Waals surface area contributed by atoms with E-state index in [1.54, 1.807) is 0 Å². The topological polar surface area (TPSA) is 45.2 Å². The van der Waals surface area contributed by atoms with E-state index in [2.05, 4.69) is 22.2 Å². The Labute approximate surface area is 102 Å². The summed E-state index contributed by atoms with van der Waals surface area (Å²) >= 11 is 0. The Kier molecular flexibility index (Phi) is 3.74. The number of carbonyl (C=O) groups excluding carboxylic acids is 1. The van der Waals surface area contributed by atoms with Crippen LogP contribution >= 0.6 is 0 Å². The van der Waals surface area contributed by atoms with Crippen molar-refractivity contribution in [3.8, 4) is 0 Å². The Hall–Kier alpha value is -1.42. The van der Waals surface area contributed by atoms with Gasteiger partial charge in [-0.25, -0.2) is 0 Å². The van der Waals surface area contributed by atoms with Gasteiger partial charge < -0.3 is 5.32 Å². The van der Waals surface area contributed by atoms with Gasteiger partial charge in [-0.15, -0.1) is 0 Å². The molecule has 2 rings (SSSR count). The van der Waals surface area contributed by atoms with E-state index in [-0.39, 0.29) is 5.91 Å². The standard InChI is InChI=1S/C13H19N3O/c1-10-4-3-5-11(14-10)8-16(2)9-12-6-7-13(17)15-12/h3-5,12H,6-9H2,1-2H3,(H,15,17)/t12-/m1/s1. The number of rotatable bonds is 4. The van der Waals surface area contributed by atoms with Gasteiger partial charge in [0, 0.05) is 31.2 Å². The molecule has 1 fully saturated rings. The average Bonchev–Trinajstić information content (AvgIpc) is 2.63. The largest absolute Gasteiger partial charge is 0.352 e. The molecule has 1 aromatic heterocycles. The molecule has 92 valence electrons. The van der Waals surface area contributed by atoms with Crippen molar-refractivity contribution in [2.45, 2.75) is 32.4 Å². The van der Waals surface area contributed by atoms with E-state index in [0.29, 0.717) is 12.5 Å². The lowest BCUT2D eigenvalue weighted by Gasteiger charge is -2.20. The molecule has 1 N–H and O–H groups in total. The van der Waals surface area contributed by atoms with Gasteiger partial charge in [-0.05, 0) is 32.5 Å². The molecule has 0 spiro atoms. The summed E-state index contributed by atoms with van der Waals surface area (Å²) in [5, 5.41) is 2.98. The van der Waals surface area contributed by atoms with Crippen LogP contribution in [-0.2, 0) is 11.3 Å². The van der Waals surface area contributed by atoms with Crippen LogP contribution in [0.3, 0.4) is 0 Å². The molecule has 2 heterocycles. The Morgan fingerprint density at radius 2 is 2.35 bits per heavy atom. The number of hydrogen-bond acceptors (Lipinski definition) is 3. The molecule has 1 amide bonds. The molecule has 4 heteroatoms. The van der Waals surface area contributed by atoms with Crippen LogP contribution in [0.15, 0.2) is 18.2 Å². The molecule has 1 aliphatic heterocycles. The van der Waals surface area contributed by atoms with Gasteiger partial charge in [-0.3, -0.25) is 14.7 Å². The zero-order valence-electron chi connectivity index (χ0n) is 10.4. The highest BCUT2D eigenvalue weighted by molar-refractivity contribution is 5.78. The molecule has 4 nitrogen and oxygen atoms in total. The third-order valence-electron chi connectivity index (χ3n) is 2.99. The van der Waals surface area contributed by atoms with Gasteiger partial charge in [-0.1, -0.05) is 6.07 Å². The van der Waals surface area contributed by atoms with E-state index in [9.17, 15) is 4.79 Å². The summed E-state index contributed by atoms with van der Waals surface area (Å²) in [7, 11) is 2.06. The summed E-state index contributed by atoms with van der Waals surface area (Å²) in [6, 6.07) is 6.37. The number of nitrogens with one attached hydrogen (secondary N) is 1. The number of nitrogens with zero attached hydrogens (tertiary/aromatic N) is 2. The lowest BCUT2D eigenvalue weighted by molar-refractivity contribution is -0.119. The van der Waals surface area contributed by atoms with Gasteiger partial charge >= 0.3 is 0 Å².